The molecule has 0 saturated heterocycles. The van der Waals surface area contributed by atoms with Gasteiger partial charge in [0.25, 0.3) is 0 Å². The van der Waals surface area contributed by atoms with Crippen molar-refractivity contribution in [2.45, 2.75) is 97.1 Å². The van der Waals surface area contributed by atoms with E-state index in [0.717, 1.165) is 31.5 Å². The molecule has 174 valence electrons. The highest BCUT2D eigenvalue weighted by molar-refractivity contribution is 5.85. The lowest BCUT2D eigenvalue weighted by Gasteiger charge is -2.36. The third-order valence-electron chi connectivity index (χ3n) is 7.23. The fourth-order valence-corrected chi connectivity index (χ4v) is 5.38. The number of nitrogens with zero attached hydrogens (tertiary/aromatic N) is 3. The van der Waals surface area contributed by atoms with Crippen molar-refractivity contribution in [2.75, 3.05) is 13.1 Å². The minimum absolute atomic E-state index is 0.0923. The maximum absolute atomic E-state index is 13.5. The predicted molar refractivity (Wildman–Crippen MR) is 125 cm³/mol. The molecule has 0 unspecified atom stereocenters. The topological polar surface area (TPSA) is 45.6 Å². The van der Waals surface area contributed by atoms with E-state index in [2.05, 4.69) is 24.5 Å². The van der Waals surface area contributed by atoms with Crippen LogP contribution in [-0.4, -0.2) is 45.3 Å². The predicted octanol–water partition coefficient (Wildman–Crippen LogP) is 5.14. The number of aromatic nitrogens is 1. The molecule has 0 aliphatic heterocycles. The second-order valence-corrected chi connectivity index (χ2v) is 10.3. The van der Waals surface area contributed by atoms with E-state index in [1.165, 1.54) is 44.9 Å². The number of amides is 2. The van der Waals surface area contributed by atoms with Gasteiger partial charge in [0.2, 0.25) is 11.8 Å². The van der Waals surface area contributed by atoms with Crippen molar-refractivity contribution in [3.63, 3.8) is 0 Å². The minimum atomic E-state index is 0.0923. The maximum atomic E-state index is 13.5. The Bertz CT molecular complexity index is 699. The smallest absolute Gasteiger partial charge is 0.242 e. The van der Waals surface area contributed by atoms with E-state index >= 15 is 0 Å². The number of carbonyl (C=O) groups is 2. The van der Waals surface area contributed by atoms with E-state index in [9.17, 15) is 9.59 Å². The highest BCUT2D eigenvalue weighted by Gasteiger charge is 2.30. The van der Waals surface area contributed by atoms with E-state index in [0.29, 0.717) is 24.8 Å². The molecule has 0 bridgehead atoms. The van der Waals surface area contributed by atoms with Gasteiger partial charge in [-0.3, -0.25) is 9.59 Å². The van der Waals surface area contributed by atoms with Crippen molar-refractivity contribution in [3.8, 4) is 0 Å². The van der Waals surface area contributed by atoms with Crippen molar-refractivity contribution < 1.29 is 9.59 Å². The van der Waals surface area contributed by atoms with Gasteiger partial charge in [0.1, 0.15) is 6.54 Å². The molecule has 0 radical (unpaired) electrons. The highest BCUT2D eigenvalue weighted by Crippen LogP contribution is 2.30. The molecule has 1 aromatic rings. The average Bonchev–Trinajstić information content (AvgIpc) is 3.42. The van der Waals surface area contributed by atoms with Crippen molar-refractivity contribution in [1.82, 2.24) is 14.4 Å². The van der Waals surface area contributed by atoms with Crippen molar-refractivity contribution >= 4 is 11.8 Å². The van der Waals surface area contributed by atoms with Crippen LogP contribution in [0, 0.1) is 11.8 Å². The third-order valence-corrected chi connectivity index (χ3v) is 7.23. The summed E-state index contributed by atoms with van der Waals surface area (Å²) >= 11 is 0. The Morgan fingerprint density at radius 2 is 1.71 bits per heavy atom. The van der Waals surface area contributed by atoms with Crippen LogP contribution < -0.4 is 0 Å². The van der Waals surface area contributed by atoms with Crippen LogP contribution in [0.4, 0.5) is 0 Å². The Morgan fingerprint density at radius 1 is 1.03 bits per heavy atom. The van der Waals surface area contributed by atoms with Crippen LogP contribution >= 0.6 is 0 Å². The van der Waals surface area contributed by atoms with Crippen LogP contribution in [0.1, 0.15) is 90.2 Å². The van der Waals surface area contributed by atoms with Gasteiger partial charge < -0.3 is 14.4 Å². The van der Waals surface area contributed by atoms with Gasteiger partial charge in [-0.2, -0.15) is 0 Å². The Hall–Kier alpha value is -1.78. The van der Waals surface area contributed by atoms with Crippen LogP contribution in [0.5, 0.6) is 0 Å². The summed E-state index contributed by atoms with van der Waals surface area (Å²) in [6.07, 6.45) is 14.5. The van der Waals surface area contributed by atoms with Crippen molar-refractivity contribution in [1.29, 1.82) is 0 Å². The van der Waals surface area contributed by atoms with E-state index in [1.54, 1.807) is 0 Å². The SMILES string of the molecule is CC(C)CN(Cc1cccn1C)C(=O)CN(C(=O)CCC1CCCC1)C1CCCCC1. The molecule has 2 aliphatic rings. The molecule has 0 aromatic carbocycles. The fraction of sp³-hybridized carbons (Fsp3) is 0.769. The molecule has 0 spiro atoms. The molecule has 2 fully saturated rings. The number of rotatable bonds is 10. The lowest BCUT2D eigenvalue weighted by Crippen LogP contribution is -2.48. The third kappa shape index (κ3) is 7.11. The summed E-state index contributed by atoms with van der Waals surface area (Å²) in [6.45, 7) is 5.87. The van der Waals surface area contributed by atoms with Crippen molar-refractivity contribution in [3.05, 3.63) is 24.0 Å². The molecule has 1 aromatic heterocycles. The largest absolute Gasteiger partial charge is 0.353 e. The van der Waals surface area contributed by atoms with Crippen LogP contribution in [0.3, 0.4) is 0 Å². The molecule has 5 heteroatoms. The molecule has 0 N–H and O–H groups in total. The zero-order valence-corrected chi connectivity index (χ0v) is 20.0. The molecule has 2 saturated carbocycles. The van der Waals surface area contributed by atoms with Gasteiger partial charge in [-0.25, -0.2) is 0 Å². The summed E-state index contributed by atoms with van der Waals surface area (Å²) in [7, 11) is 2.02. The first-order valence-corrected chi connectivity index (χ1v) is 12.6. The molecule has 31 heavy (non-hydrogen) atoms. The summed E-state index contributed by atoms with van der Waals surface area (Å²) in [6, 6.07) is 4.34. The summed E-state index contributed by atoms with van der Waals surface area (Å²) < 4.78 is 2.08. The van der Waals surface area contributed by atoms with Gasteiger partial charge in [0.15, 0.2) is 0 Å². The zero-order chi connectivity index (χ0) is 22.2. The second-order valence-electron chi connectivity index (χ2n) is 10.3. The van der Waals surface area contributed by atoms with E-state index in [4.69, 9.17) is 0 Å². The normalized spacial score (nSPS) is 17.9. The Morgan fingerprint density at radius 3 is 2.32 bits per heavy atom. The lowest BCUT2D eigenvalue weighted by atomic mass is 9.93. The lowest BCUT2D eigenvalue weighted by molar-refractivity contribution is -0.144. The monoisotopic (exact) mass is 429 g/mol. The highest BCUT2D eigenvalue weighted by atomic mass is 16.2. The summed E-state index contributed by atoms with van der Waals surface area (Å²) in [4.78, 5) is 30.7. The van der Waals surface area contributed by atoms with Gasteiger partial charge in [0.05, 0.1) is 6.54 Å². The summed E-state index contributed by atoms with van der Waals surface area (Å²) in [5.74, 6) is 1.40. The summed E-state index contributed by atoms with van der Waals surface area (Å²) in [5.41, 5.74) is 1.13. The van der Waals surface area contributed by atoms with Gasteiger partial charge in [-0.1, -0.05) is 58.8 Å². The van der Waals surface area contributed by atoms with Crippen LogP contribution in [0.2, 0.25) is 0 Å². The van der Waals surface area contributed by atoms with E-state index in [1.807, 2.05) is 29.1 Å². The minimum Gasteiger partial charge on any atom is -0.353 e. The standard InChI is InChI=1S/C26H43N3O2/c1-21(2)18-28(19-24-14-9-17-27(24)3)26(31)20-29(23-12-5-4-6-13-23)25(30)16-15-22-10-7-8-11-22/h9,14,17,21-23H,4-8,10-13,15-16,18-20H2,1-3H3. The first-order valence-electron chi connectivity index (χ1n) is 12.6. The average molecular weight is 430 g/mol. The fourth-order valence-electron chi connectivity index (χ4n) is 5.38. The molecule has 5 nitrogen and oxygen atoms in total. The molecule has 3 rings (SSSR count). The van der Waals surface area contributed by atoms with Gasteiger partial charge >= 0.3 is 0 Å². The summed E-state index contributed by atoms with van der Waals surface area (Å²) in [5, 5.41) is 0. The number of hydrogen-bond donors (Lipinski definition) is 0. The van der Waals surface area contributed by atoms with Crippen molar-refractivity contribution in [2.24, 2.45) is 18.9 Å². The second kappa shape index (κ2) is 11.7. The molecule has 2 aliphatic carbocycles. The first-order chi connectivity index (χ1) is 14.9. The molecular formula is C26H43N3O2. The van der Waals surface area contributed by atoms with Gasteiger partial charge in [-0.15, -0.1) is 0 Å². The Balaban J connectivity index is 1.67. The van der Waals surface area contributed by atoms with E-state index in [-0.39, 0.29) is 24.4 Å². The number of hydrogen-bond acceptors (Lipinski definition) is 2. The van der Waals surface area contributed by atoms with Gasteiger partial charge in [0, 0.05) is 37.9 Å². The Kier molecular flexibility index (Phi) is 9.03. The first kappa shape index (κ1) is 23.9. The number of carbonyl (C=O) groups excluding carboxylic acids is 2. The molecule has 1 heterocycles. The Labute approximate surface area is 189 Å². The maximum Gasteiger partial charge on any atom is 0.242 e. The molecular weight excluding hydrogens is 386 g/mol. The molecule has 0 atom stereocenters. The molecule has 2 amide bonds. The van der Waals surface area contributed by atoms with Gasteiger partial charge in [-0.05, 0) is 43.2 Å². The quantitative estimate of drug-likeness (QED) is 0.517. The zero-order valence-electron chi connectivity index (χ0n) is 20.0. The van der Waals surface area contributed by atoms with E-state index < -0.39 is 0 Å². The van der Waals surface area contributed by atoms with Crippen LogP contribution in [-0.2, 0) is 23.2 Å². The number of aryl methyl sites for hydroxylation is 1. The van der Waals surface area contributed by atoms with Crippen LogP contribution in [0.15, 0.2) is 18.3 Å². The van der Waals surface area contributed by atoms with Crippen LogP contribution in [0.25, 0.3) is 0 Å².